The van der Waals surface area contributed by atoms with Crippen LogP contribution in [0.3, 0.4) is 0 Å². The molecule has 0 radical (unpaired) electrons. The van der Waals surface area contributed by atoms with Crippen molar-refractivity contribution >= 4 is 35.6 Å². The molecule has 0 fully saturated rings. The van der Waals surface area contributed by atoms with E-state index in [1.807, 2.05) is 27.2 Å². The van der Waals surface area contributed by atoms with Crippen LogP contribution in [0.15, 0.2) is 24.3 Å². The van der Waals surface area contributed by atoms with Crippen LogP contribution < -0.4 is 9.96 Å². The Morgan fingerprint density at radius 3 is 2.40 bits per heavy atom. The number of hydrogen-bond acceptors (Lipinski definition) is 2. The number of benzene rings is 1. The number of amides is 1. The zero-order valence-electron chi connectivity index (χ0n) is 9.02. The van der Waals surface area contributed by atoms with Gasteiger partial charge in [0.1, 0.15) is 5.69 Å². The highest BCUT2D eigenvalue weighted by atomic mass is 127. The van der Waals surface area contributed by atoms with E-state index in [4.69, 9.17) is 5.21 Å². The summed E-state index contributed by atoms with van der Waals surface area (Å²) in [6, 6.07) is 7.15. The average Bonchev–Trinajstić information content (AvgIpc) is 2.15. The first-order valence-corrected chi connectivity index (χ1v) is 4.31. The molecule has 5 heteroatoms. The Morgan fingerprint density at radius 2 is 1.93 bits per heavy atom. The van der Waals surface area contributed by atoms with E-state index in [1.54, 1.807) is 23.7 Å². The molecule has 0 saturated heterocycles. The summed E-state index contributed by atoms with van der Waals surface area (Å²) in [5, 5.41) is 8.48. The smallest absolute Gasteiger partial charge is 0.274 e. The third-order valence-electron chi connectivity index (χ3n) is 1.98. The molecule has 0 unspecified atom stereocenters. The van der Waals surface area contributed by atoms with E-state index < -0.39 is 5.91 Å². The van der Waals surface area contributed by atoms with Crippen molar-refractivity contribution < 1.29 is 10.0 Å². The zero-order chi connectivity index (χ0) is 10.8. The Labute approximate surface area is 106 Å². The van der Waals surface area contributed by atoms with Crippen LogP contribution in [0, 0.1) is 0 Å². The number of halogens is 1. The van der Waals surface area contributed by atoms with Gasteiger partial charge in [-0.05, 0) is 12.1 Å². The summed E-state index contributed by atoms with van der Waals surface area (Å²) in [4.78, 5) is 11.1. The summed E-state index contributed by atoms with van der Waals surface area (Å²) < 4.78 is 0.631. The van der Waals surface area contributed by atoms with Gasteiger partial charge in [0.15, 0.2) is 0 Å². The summed E-state index contributed by atoms with van der Waals surface area (Å²) in [5.41, 5.74) is 3.08. The quantitative estimate of drug-likeness (QED) is 0.376. The molecule has 1 aromatic carbocycles. The van der Waals surface area contributed by atoms with Gasteiger partial charge >= 0.3 is 0 Å². The number of hydrogen-bond donors (Lipinski definition) is 2. The summed E-state index contributed by atoms with van der Waals surface area (Å²) >= 11 is 0. The third-order valence-corrected chi connectivity index (χ3v) is 1.98. The molecule has 0 aliphatic carbocycles. The van der Waals surface area contributed by atoms with Crippen molar-refractivity contribution in [1.29, 1.82) is 0 Å². The van der Waals surface area contributed by atoms with Gasteiger partial charge in [0.25, 0.3) is 5.91 Å². The zero-order valence-corrected chi connectivity index (χ0v) is 11.4. The van der Waals surface area contributed by atoms with Gasteiger partial charge in [0.2, 0.25) is 0 Å². The van der Waals surface area contributed by atoms with Crippen molar-refractivity contribution in [2.24, 2.45) is 0 Å². The highest BCUT2D eigenvalue weighted by Crippen LogP contribution is 2.17. The minimum Gasteiger partial charge on any atom is -0.298 e. The molecule has 0 spiro atoms. The lowest BCUT2D eigenvalue weighted by molar-refractivity contribution is 0.0706. The third kappa shape index (κ3) is 3.77. The van der Waals surface area contributed by atoms with Crippen LogP contribution >= 0.6 is 24.0 Å². The topological polar surface area (TPSA) is 49.3 Å². The van der Waals surface area contributed by atoms with Crippen molar-refractivity contribution in [1.82, 2.24) is 9.96 Å². The maximum Gasteiger partial charge on any atom is 0.274 e. The van der Waals surface area contributed by atoms with Crippen LogP contribution in [-0.4, -0.2) is 32.3 Å². The maximum absolute atomic E-state index is 11.1. The first kappa shape index (κ1) is 14.3. The number of hydroxylamine groups is 1. The molecule has 1 amide bonds. The molecule has 0 aliphatic rings. The van der Waals surface area contributed by atoms with E-state index in [1.165, 1.54) is 0 Å². The summed E-state index contributed by atoms with van der Waals surface area (Å²) in [6.07, 6.45) is 0. The minimum absolute atomic E-state index is 0. The van der Waals surface area contributed by atoms with Crippen molar-refractivity contribution in [3.8, 4) is 0 Å². The van der Waals surface area contributed by atoms with E-state index in [9.17, 15) is 4.79 Å². The molecular weight excluding hydrogens is 307 g/mol. The van der Waals surface area contributed by atoms with Gasteiger partial charge in [-0.15, -0.1) is 24.0 Å². The Bertz CT molecular complexity index is 348. The SMILES string of the molecule is C[N+](C)(C)c1cccc(C(=O)NO)c1.I. The second-order valence-electron chi connectivity index (χ2n) is 4.00. The standard InChI is InChI=1S/C10H14N2O2.HI/c1-12(2,3)9-6-4-5-8(7-9)10(13)11-14;/h4-7H,1-3H3,(H-,11,13,14);1H/p+1. The molecule has 0 atom stereocenters. The fraction of sp³-hybridized carbons (Fsp3) is 0.300. The molecule has 15 heavy (non-hydrogen) atoms. The first-order valence-electron chi connectivity index (χ1n) is 4.31. The second-order valence-corrected chi connectivity index (χ2v) is 4.00. The molecule has 0 saturated carbocycles. The number of rotatable bonds is 2. The molecule has 0 aromatic heterocycles. The largest absolute Gasteiger partial charge is 0.298 e. The number of carbonyl (C=O) groups is 1. The van der Waals surface area contributed by atoms with Crippen LogP contribution in [0.25, 0.3) is 0 Å². The highest BCUT2D eigenvalue weighted by molar-refractivity contribution is 14.0. The lowest BCUT2D eigenvalue weighted by Crippen LogP contribution is -2.35. The number of carbonyl (C=O) groups excluding carboxylic acids is 1. The second kappa shape index (κ2) is 5.43. The fourth-order valence-corrected chi connectivity index (χ4v) is 1.13. The highest BCUT2D eigenvalue weighted by Gasteiger charge is 2.14. The molecule has 0 aliphatic heterocycles. The van der Waals surface area contributed by atoms with Gasteiger partial charge < -0.3 is 0 Å². The Kier molecular flexibility index (Phi) is 5.19. The van der Waals surface area contributed by atoms with Crippen LogP contribution in [0.1, 0.15) is 10.4 Å². The van der Waals surface area contributed by atoms with Crippen LogP contribution in [0.5, 0.6) is 0 Å². The van der Waals surface area contributed by atoms with Crippen molar-refractivity contribution in [2.75, 3.05) is 21.1 Å². The van der Waals surface area contributed by atoms with Gasteiger partial charge in [-0.2, -0.15) is 0 Å². The molecule has 84 valence electrons. The van der Waals surface area contributed by atoms with Crippen molar-refractivity contribution in [3.63, 3.8) is 0 Å². The van der Waals surface area contributed by atoms with E-state index >= 15 is 0 Å². The lowest BCUT2D eigenvalue weighted by atomic mass is 10.1. The van der Waals surface area contributed by atoms with E-state index in [-0.39, 0.29) is 24.0 Å². The van der Waals surface area contributed by atoms with Gasteiger partial charge in [-0.3, -0.25) is 14.5 Å². The number of quaternary nitrogens is 1. The van der Waals surface area contributed by atoms with Gasteiger partial charge in [0.05, 0.1) is 21.1 Å². The summed E-state index contributed by atoms with van der Waals surface area (Å²) in [7, 11) is 6.03. The van der Waals surface area contributed by atoms with E-state index in [0.717, 1.165) is 5.69 Å². The number of nitrogens with zero attached hydrogens (tertiary/aromatic N) is 1. The van der Waals surface area contributed by atoms with Crippen LogP contribution in [-0.2, 0) is 0 Å². The lowest BCUT2D eigenvalue weighted by Gasteiger charge is -2.23. The Morgan fingerprint density at radius 1 is 1.33 bits per heavy atom. The van der Waals surface area contributed by atoms with Crippen molar-refractivity contribution in [2.45, 2.75) is 0 Å². The Balaban J connectivity index is 0.00000196. The minimum atomic E-state index is -0.486. The molecule has 0 bridgehead atoms. The summed E-state index contributed by atoms with van der Waals surface area (Å²) in [6.45, 7) is 0. The molecule has 0 heterocycles. The normalized spacial score (nSPS) is 10.4. The van der Waals surface area contributed by atoms with Crippen LogP contribution in [0.2, 0.25) is 0 Å². The van der Waals surface area contributed by atoms with Gasteiger partial charge in [0, 0.05) is 11.6 Å². The molecule has 4 nitrogen and oxygen atoms in total. The van der Waals surface area contributed by atoms with Gasteiger partial charge in [-0.1, -0.05) is 6.07 Å². The number of nitrogens with one attached hydrogen (secondary N) is 1. The molecule has 1 rings (SSSR count). The van der Waals surface area contributed by atoms with Gasteiger partial charge in [-0.25, -0.2) is 5.48 Å². The first-order chi connectivity index (χ1) is 6.45. The van der Waals surface area contributed by atoms with Crippen LogP contribution in [0.4, 0.5) is 5.69 Å². The molecule has 2 N–H and O–H groups in total. The van der Waals surface area contributed by atoms with E-state index in [0.29, 0.717) is 10.0 Å². The monoisotopic (exact) mass is 323 g/mol. The maximum atomic E-state index is 11.1. The fourth-order valence-electron chi connectivity index (χ4n) is 1.13. The van der Waals surface area contributed by atoms with E-state index in [2.05, 4.69) is 0 Å². The predicted molar refractivity (Wildman–Crippen MR) is 70.7 cm³/mol. The van der Waals surface area contributed by atoms with Crippen molar-refractivity contribution in [3.05, 3.63) is 29.8 Å². The Hall–Kier alpha value is -0.660. The average molecular weight is 323 g/mol. The molecule has 1 aromatic rings. The molecular formula is C10H16IN2O2+. The predicted octanol–water partition coefficient (Wildman–Crippen LogP) is 1.62. The summed E-state index contributed by atoms with van der Waals surface area (Å²) in [5.74, 6) is -0.486.